The first-order valence-corrected chi connectivity index (χ1v) is 9.23. The van der Waals surface area contributed by atoms with E-state index in [0.717, 1.165) is 0 Å². The van der Waals surface area contributed by atoms with E-state index in [4.69, 9.17) is 15.6 Å². The summed E-state index contributed by atoms with van der Waals surface area (Å²) in [6, 6.07) is 4.94. The van der Waals surface area contributed by atoms with E-state index in [1.807, 2.05) is 0 Å². The van der Waals surface area contributed by atoms with E-state index >= 15 is 0 Å². The fourth-order valence-corrected chi connectivity index (χ4v) is 3.93. The van der Waals surface area contributed by atoms with Crippen molar-refractivity contribution in [2.24, 2.45) is 16.0 Å². The Morgan fingerprint density at radius 2 is 1.53 bits per heavy atom. The highest BCUT2D eigenvalue weighted by Crippen LogP contribution is 2.52. The van der Waals surface area contributed by atoms with Crippen molar-refractivity contribution < 1.29 is 45.4 Å². The highest BCUT2D eigenvalue weighted by atomic mass is 19.4. The lowest BCUT2D eigenvalue weighted by Gasteiger charge is -2.27. The van der Waals surface area contributed by atoms with Crippen LogP contribution in [0.4, 0.5) is 30.7 Å². The molecule has 0 aromatic heterocycles. The molecule has 0 radical (unpaired) electrons. The van der Waals surface area contributed by atoms with Crippen molar-refractivity contribution in [3.63, 3.8) is 0 Å². The summed E-state index contributed by atoms with van der Waals surface area (Å²) in [4.78, 5) is 22.8. The topological polar surface area (TPSA) is 108 Å². The molecule has 1 aliphatic carbocycles. The Morgan fingerprint density at radius 1 is 1.00 bits per heavy atom. The Balaban J connectivity index is 0.000000360. The SMILES string of the molecule is N[C@]12CCC[C@@]1(F)CN(C(=O)c1ccc(C3(C(F)(F)F)N=N3)cc1)C2.O=C(O)C(F)(F)F. The maximum atomic E-state index is 14.9. The predicted molar refractivity (Wildman–Crippen MR) is 93.2 cm³/mol. The van der Waals surface area contributed by atoms with Gasteiger partial charge in [0.1, 0.15) is 5.67 Å². The van der Waals surface area contributed by atoms with Crippen LogP contribution in [0.2, 0.25) is 0 Å². The number of carbonyl (C=O) groups excluding carboxylic acids is 1. The number of carboxylic acid groups (broad SMARTS) is 1. The van der Waals surface area contributed by atoms with Gasteiger partial charge in [-0.2, -0.15) is 26.3 Å². The lowest BCUT2D eigenvalue weighted by molar-refractivity contribution is -0.192. The summed E-state index contributed by atoms with van der Waals surface area (Å²) in [6.45, 7) is 0.0302. The van der Waals surface area contributed by atoms with E-state index < -0.39 is 41.1 Å². The molecule has 2 heterocycles. The number of rotatable bonds is 2. The van der Waals surface area contributed by atoms with Gasteiger partial charge in [0.15, 0.2) is 0 Å². The Morgan fingerprint density at radius 3 is 1.94 bits per heavy atom. The van der Waals surface area contributed by atoms with Crippen LogP contribution >= 0.6 is 0 Å². The number of hydrogen-bond acceptors (Lipinski definition) is 5. The highest BCUT2D eigenvalue weighted by Gasteiger charge is 2.65. The monoisotopic (exact) mass is 470 g/mol. The minimum atomic E-state index is -5.08. The molecular weight excluding hydrogens is 453 g/mol. The zero-order valence-corrected chi connectivity index (χ0v) is 16.2. The zero-order chi connectivity index (χ0) is 24.2. The average molecular weight is 470 g/mol. The number of amides is 1. The quantitative estimate of drug-likeness (QED) is 0.645. The van der Waals surface area contributed by atoms with E-state index in [-0.39, 0.29) is 24.2 Å². The molecule has 2 aliphatic heterocycles. The summed E-state index contributed by atoms with van der Waals surface area (Å²) >= 11 is 0. The Bertz CT molecular complexity index is 923. The molecule has 3 N–H and O–H groups in total. The molecule has 1 saturated carbocycles. The lowest BCUT2D eigenvalue weighted by Crippen LogP contribution is -2.53. The van der Waals surface area contributed by atoms with Gasteiger partial charge < -0.3 is 15.7 Å². The molecule has 32 heavy (non-hydrogen) atoms. The third-order valence-corrected chi connectivity index (χ3v) is 5.76. The van der Waals surface area contributed by atoms with Crippen LogP contribution in [-0.2, 0) is 10.5 Å². The summed E-state index contributed by atoms with van der Waals surface area (Å²) in [5, 5.41) is 13.4. The molecule has 0 bridgehead atoms. The summed E-state index contributed by atoms with van der Waals surface area (Å²) in [6.07, 6.45) is -8.17. The third kappa shape index (κ3) is 4.02. The Hall–Kier alpha value is -2.77. The second kappa shape index (κ2) is 7.39. The molecule has 1 aromatic rings. The van der Waals surface area contributed by atoms with Crippen molar-refractivity contribution in [2.75, 3.05) is 13.1 Å². The second-order valence-corrected chi connectivity index (χ2v) is 7.89. The molecule has 0 spiro atoms. The van der Waals surface area contributed by atoms with Crippen LogP contribution in [0.15, 0.2) is 34.5 Å². The molecule has 4 rings (SSSR count). The van der Waals surface area contributed by atoms with Gasteiger partial charge in [-0.15, -0.1) is 10.2 Å². The average Bonchev–Trinajstić information content (AvgIpc) is 3.38. The second-order valence-electron chi connectivity index (χ2n) is 7.89. The van der Waals surface area contributed by atoms with E-state index in [2.05, 4.69) is 10.2 Å². The van der Waals surface area contributed by atoms with Gasteiger partial charge in [0, 0.05) is 17.7 Å². The predicted octanol–water partition coefficient (Wildman–Crippen LogP) is 3.55. The fourth-order valence-electron chi connectivity index (χ4n) is 3.93. The molecule has 0 unspecified atom stereocenters. The lowest BCUT2D eigenvalue weighted by atomic mass is 9.89. The molecular formula is C18H17F7N4O3. The number of halogens is 7. The number of likely N-dealkylation sites (tertiary alicyclic amines) is 1. The van der Waals surface area contributed by atoms with E-state index in [0.29, 0.717) is 19.3 Å². The molecule has 7 nitrogen and oxygen atoms in total. The minimum absolute atomic E-state index is 0.0821. The summed E-state index contributed by atoms with van der Waals surface area (Å²) < 4.78 is 85.6. The van der Waals surface area contributed by atoms with E-state index in [1.165, 1.54) is 29.2 Å². The van der Waals surface area contributed by atoms with Crippen molar-refractivity contribution in [2.45, 2.75) is 48.5 Å². The van der Waals surface area contributed by atoms with Crippen LogP contribution in [0.3, 0.4) is 0 Å². The van der Waals surface area contributed by atoms with Crippen LogP contribution in [0, 0.1) is 0 Å². The standard InChI is InChI=1S/C16H16F4N4O.C2HF3O2/c17-13-6-1-7-14(13,21)9-24(8-13)12(25)10-2-4-11(5-3-10)15(22-23-15)16(18,19)20;3-2(4,5)1(6)7/h2-5H,1,6-9,21H2;(H,6,7)/t13-,14+;/m1./s1. The Kier molecular flexibility index (Phi) is 5.51. The largest absolute Gasteiger partial charge is 0.490 e. The van der Waals surface area contributed by atoms with Crippen molar-refractivity contribution in [1.29, 1.82) is 0 Å². The van der Waals surface area contributed by atoms with E-state index in [1.54, 1.807) is 0 Å². The van der Waals surface area contributed by atoms with Gasteiger partial charge >= 0.3 is 24.0 Å². The number of nitrogens with two attached hydrogens (primary N) is 1. The maximum absolute atomic E-state index is 14.9. The number of fused-ring (bicyclic) bond motifs is 1. The molecule has 176 valence electrons. The molecule has 2 fully saturated rings. The molecule has 14 heteroatoms. The fraction of sp³-hybridized carbons (Fsp3) is 0.556. The molecule has 1 amide bonds. The van der Waals surface area contributed by atoms with Gasteiger partial charge in [-0.1, -0.05) is 12.1 Å². The van der Waals surface area contributed by atoms with Crippen molar-refractivity contribution >= 4 is 11.9 Å². The molecule has 3 aliphatic rings. The van der Waals surface area contributed by atoms with Gasteiger partial charge in [-0.25, -0.2) is 9.18 Å². The third-order valence-electron chi connectivity index (χ3n) is 5.76. The molecule has 1 saturated heterocycles. The Labute approximate surface area is 176 Å². The van der Waals surface area contributed by atoms with Gasteiger partial charge in [0.2, 0.25) is 0 Å². The van der Waals surface area contributed by atoms with Crippen LogP contribution < -0.4 is 5.73 Å². The zero-order valence-electron chi connectivity index (χ0n) is 16.2. The van der Waals surface area contributed by atoms with Gasteiger partial charge in [0.25, 0.3) is 5.91 Å². The van der Waals surface area contributed by atoms with Crippen LogP contribution in [0.5, 0.6) is 0 Å². The van der Waals surface area contributed by atoms with Crippen LogP contribution in [0.1, 0.15) is 35.2 Å². The van der Waals surface area contributed by atoms with Gasteiger partial charge in [0.05, 0.1) is 12.1 Å². The van der Waals surface area contributed by atoms with E-state index in [9.17, 15) is 35.5 Å². The van der Waals surface area contributed by atoms with Crippen molar-refractivity contribution in [3.05, 3.63) is 35.4 Å². The first-order chi connectivity index (χ1) is 14.5. The smallest absolute Gasteiger partial charge is 0.475 e. The molecule has 2 atom stereocenters. The van der Waals surface area contributed by atoms with Crippen LogP contribution in [0.25, 0.3) is 0 Å². The summed E-state index contributed by atoms with van der Waals surface area (Å²) in [5.41, 5.74) is 1.03. The van der Waals surface area contributed by atoms with Gasteiger partial charge in [-0.3, -0.25) is 4.79 Å². The van der Waals surface area contributed by atoms with Crippen molar-refractivity contribution in [3.8, 4) is 0 Å². The van der Waals surface area contributed by atoms with Crippen LogP contribution in [-0.4, -0.2) is 58.5 Å². The summed E-state index contributed by atoms with van der Waals surface area (Å²) in [7, 11) is 0. The summed E-state index contributed by atoms with van der Waals surface area (Å²) in [5.74, 6) is -3.19. The number of alkyl halides is 7. The first kappa shape index (κ1) is 23.9. The number of benzene rings is 1. The number of carboxylic acids is 1. The van der Waals surface area contributed by atoms with Crippen molar-refractivity contribution in [1.82, 2.24) is 4.90 Å². The number of hydrogen-bond donors (Lipinski definition) is 2. The number of aliphatic carboxylic acids is 1. The minimum Gasteiger partial charge on any atom is -0.475 e. The number of carbonyl (C=O) groups is 2. The van der Waals surface area contributed by atoms with Gasteiger partial charge in [-0.05, 0) is 31.4 Å². The highest BCUT2D eigenvalue weighted by molar-refractivity contribution is 5.94. The normalized spacial score (nSPS) is 28.1. The maximum Gasteiger partial charge on any atom is 0.490 e. The number of nitrogens with zero attached hydrogens (tertiary/aromatic N) is 3. The first-order valence-electron chi connectivity index (χ1n) is 9.23. The molecule has 1 aromatic carbocycles.